The molecule has 2 aromatic rings. The summed E-state index contributed by atoms with van der Waals surface area (Å²) in [4.78, 5) is 15.5. The van der Waals surface area contributed by atoms with Crippen molar-refractivity contribution in [3.8, 4) is 0 Å². The number of nitrogens with two attached hydrogens (primary N) is 1. The van der Waals surface area contributed by atoms with Crippen LogP contribution in [0.15, 0.2) is 41.0 Å². The van der Waals surface area contributed by atoms with Crippen LogP contribution in [0, 0.1) is 0 Å². The maximum Gasteiger partial charge on any atom is 0.416 e. The molecular formula is C17H18F3N3O2. The molecule has 8 heteroatoms. The number of carbonyl (C=O) groups is 1. The minimum Gasteiger partial charge on any atom is -0.467 e. The van der Waals surface area contributed by atoms with Crippen molar-refractivity contribution in [2.24, 2.45) is 5.73 Å². The number of halogens is 3. The number of anilines is 1. The molecule has 1 aliphatic heterocycles. The Labute approximate surface area is 142 Å². The molecule has 3 rings (SSSR count). The van der Waals surface area contributed by atoms with E-state index in [1.54, 1.807) is 6.07 Å². The van der Waals surface area contributed by atoms with Crippen LogP contribution in [0.25, 0.3) is 0 Å². The van der Waals surface area contributed by atoms with Crippen LogP contribution in [-0.2, 0) is 12.7 Å². The summed E-state index contributed by atoms with van der Waals surface area (Å²) in [6.07, 6.45) is -2.88. The molecule has 2 N–H and O–H groups in total. The van der Waals surface area contributed by atoms with Gasteiger partial charge in [-0.15, -0.1) is 0 Å². The van der Waals surface area contributed by atoms with Gasteiger partial charge in [-0.05, 0) is 30.3 Å². The molecule has 134 valence electrons. The van der Waals surface area contributed by atoms with E-state index < -0.39 is 17.6 Å². The maximum atomic E-state index is 12.6. The number of primary amides is 1. The first kappa shape index (κ1) is 17.3. The van der Waals surface area contributed by atoms with Crippen molar-refractivity contribution in [3.05, 3.63) is 53.5 Å². The van der Waals surface area contributed by atoms with Gasteiger partial charge in [0.1, 0.15) is 5.76 Å². The van der Waals surface area contributed by atoms with Gasteiger partial charge in [-0.1, -0.05) is 0 Å². The number of alkyl halides is 3. The van der Waals surface area contributed by atoms with Gasteiger partial charge in [-0.25, -0.2) is 0 Å². The Morgan fingerprint density at radius 1 is 1.08 bits per heavy atom. The third-order valence-corrected chi connectivity index (χ3v) is 4.31. The highest BCUT2D eigenvalue weighted by Crippen LogP contribution is 2.30. The van der Waals surface area contributed by atoms with Crippen molar-refractivity contribution in [3.63, 3.8) is 0 Å². The van der Waals surface area contributed by atoms with E-state index in [2.05, 4.69) is 4.90 Å². The zero-order valence-electron chi connectivity index (χ0n) is 13.4. The van der Waals surface area contributed by atoms with Crippen molar-refractivity contribution < 1.29 is 22.4 Å². The predicted molar refractivity (Wildman–Crippen MR) is 86.2 cm³/mol. The molecule has 0 unspecified atom stereocenters. The zero-order valence-corrected chi connectivity index (χ0v) is 13.4. The van der Waals surface area contributed by atoms with E-state index in [-0.39, 0.29) is 0 Å². The number of benzene rings is 1. The second-order valence-electron chi connectivity index (χ2n) is 5.93. The Balaban J connectivity index is 1.58. The molecule has 0 bridgehead atoms. The third-order valence-electron chi connectivity index (χ3n) is 4.31. The van der Waals surface area contributed by atoms with Crippen LogP contribution in [0.5, 0.6) is 0 Å². The molecule has 1 aromatic carbocycles. The molecule has 5 nitrogen and oxygen atoms in total. The van der Waals surface area contributed by atoms with E-state index >= 15 is 0 Å². The highest BCUT2D eigenvalue weighted by Gasteiger charge is 2.30. The third kappa shape index (κ3) is 3.96. The number of hydrogen-bond acceptors (Lipinski definition) is 4. The number of rotatable bonds is 4. The quantitative estimate of drug-likeness (QED) is 0.918. The van der Waals surface area contributed by atoms with E-state index in [0.717, 1.165) is 17.8 Å². The smallest absolute Gasteiger partial charge is 0.416 e. The number of piperazine rings is 1. The number of carbonyl (C=O) groups excluding carboxylic acids is 1. The molecule has 0 radical (unpaired) electrons. The summed E-state index contributed by atoms with van der Waals surface area (Å²) >= 11 is 0. The van der Waals surface area contributed by atoms with Crippen LogP contribution in [0.3, 0.4) is 0 Å². The summed E-state index contributed by atoms with van der Waals surface area (Å²) in [6.45, 7) is 3.25. The van der Waals surface area contributed by atoms with E-state index in [1.165, 1.54) is 18.4 Å². The van der Waals surface area contributed by atoms with Crippen molar-refractivity contribution in [2.75, 3.05) is 31.1 Å². The Morgan fingerprint density at radius 3 is 2.28 bits per heavy atom. The van der Waals surface area contributed by atoms with Crippen molar-refractivity contribution in [1.29, 1.82) is 0 Å². The molecule has 1 amide bonds. The van der Waals surface area contributed by atoms with Crippen molar-refractivity contribution in [2.45, 2.75) is 12.7 Å². The monoisotopic (exact) mass is 353 g/mol. The fourth-order valence-corrected chi connectivity index (χ4v) is 2.91. The minimum absolute atomic E-state index is 0.380. The maximum absolute atomic E-state index is 12.6. The number of hydrogen-bond donors (Lipinski definition) is 1. The second-order valence-corrected chi connectivity index (χ2v) is 5.93. The van der Waals surface area contributed by atoms with E-state index in [4.69, 9.17) is 10.2 Å². The van der Waals surface area contributed by atoms with E-state index in [1.807, 2.05) is 4.90 Å². The van der Waals surface area contributed by atoms with E-state index in [0.29, 0.717) is 44.0 Å². The van der Waals surface area contributed by atoms with Crippen LogP contribution in [0.2, 0.25) is 0 Å². The molecule has 1 fully saturated rings. The number of furan rings is 1. The lowest BCUT2D eigenvalue weighted by Crippen LogP contribution is -2.46. The molecule has 25 heavy (non-hydrogen) atoms. The average molecular weight is 353 g/mol. The first-order chi connectivity index (χ1) is 11.8. The van der Waals surface area contributed by atoms with Crippen LogP contribution in [0.4, 0.5) is 18.9 Å². The molecule has 1 saturated heterocycles. The van der Waals surface area contributed by atoms with Crippen LogP contribution in [-0.4, -0.2) is 37.0 Å². The topological polar surface area (TPSA) is 62.7 Å². The summed E-state index contributed by atoms with van der Waals surface area (Å²) < 4.78 is 43.2. The standard InChI is InChI=1S/C17H18F3N3O2/c18-17(19,20)12-1-3-13(4-2-12)23-8-6-22(7-9-23)11-15-14(16(21)24)5-10-25-15/h1-5,10H,6-9,11H2,(H2,21,24). The summed E-state index contributed by atoms with van der Waals surface area (Å²) in [5, 5.41) is 0. The summed E-state index contributed by atoms with van der Waals surface area (Å²) in [7, 11) is 0. The molecule has 0 spiro atoms. The van der Waals surface area contributed by atoms with Gasteiger partial charge in [0.15, 0.2) is 0 Å². The predicted octanol–water partition coefficient (Wildman–Crippen LogP) is 2.72. The van der Waals surface area contributed by atoms with Gasteiger partial charge >= 0.3 is 6.18 Å². The number of nitrogens with zero attached hydrogens (tertiary/aromatic N) is 2. The summed E-state index contributed by atoms with van der Waals surface area (Å²) in [6, 6.07) is 6.75. The van der Waals surface area contributed by atoms with Gasteiger partial charge in [0.25, 0.3) is 5.91 Å². The van der Waals surface area contributed by atoms with Gasteiger partial charge in [0.2, 0.25) is 0 Å². The first-order valence-corrected chi connectivity index (χ1v) is 7.85. The zero-order chi connectivity index (χ0) is 18.0. The molecule has 0 aliphatic carbocycles. The molecular weight excluding hydrogens is 335 g/mol. The first-order valence-electron chi connectivity index (χ1n) is 7.85. The van der Waals surface area contributed by atoms with Gasteiger partial charge in [0.05, 0.1) is 23.9 Å². The molecule has 2 heterocycles. The lowest BCUT2D eigenvalue weighted by atomic mass is 10.1. The van der Waals surface area contributed by atoms with Gasteiger partial charge in [0, 0.05) is 31.9 Å². The van der Waals surface area contributed by atoms with Crippen LogP contribution >= 0.6 is 0 Å². The molecule has 0 atom stereocenters. The van der Waals surface area contributed by atoms with Crippen LogP contribution in [0.1, 0.15) is 21.7 Å². The van der Waals surface area contributed by atoms with Crippen molar-refractivity contribution >= 4 is 11.6 Å². The second kappa shape index (κ2) is 6.79. The summed E-state index contributed by atoms with van der Waals surface area (Å²) in [5.41, 5.74) is 5.80. The molecule has 0 saturated carbocycles. The Bertz CT molecular complexity index is 732. The SMILES string of the molecule is NC(=O)c1ccoc1CN1CCN(c2ccc(C(F)(F)F)cc2)CC1. The van der Waals surface area contributed by atoms with E-state index in [9.17, 15) is 18.0 Å². The average Bonchev–Trinajstić information content (AvgIpc) is 3.03. The minimum atomic E-state index is -4.32. The highest BCUT2D eigenvalue weighted by molar-refractivity contribution is 5.93. The van der Waals surface area contributed by atoms with Gasteiger partial charge in [-0.3, -0.25) is 9.69 Å². The van der Waals surface area contributed by atoms with Gasteiger partial charge < -0.3 is 15.1 Å². The molecule has 1 aromatic heterocycles. The Morgan fingerprint density at radius 2 is 1.72 bits per heavy atom. The number of amides is 1. The molecule has 1 aliphatic rings. The lowest BCUT2D eigenvalue weighted by molar-refractivity contribution is -0.137. The van der Waals surface area contributed by atoms with Crippen molar-refractivity contribution in [1.82, 2.24) is 4.90 Å². The fourth-order valence-electron chi connectivity index (χ4n) is 2.91. The highest BCUT2D eigenvalue weighted by atomic mass is 19.4. The Hall–Kier alpha value is -2.48. The Kier molecular flexibility index (Phi) is 4.71. The van der Waals surface area contributed by atoms with Gasteiger partial charge in [-0.2, -0.15) is 13.2 Å². The summed E-state index contributed by atoms with van der Waals surface area (Å²) in [5.74, 6) is 0.0163. The fraction of sp³-hybridized carbons (Fsp3) is 0.353. The normalized spacial score (nSPS) is 16.2. The van der Waals surface area contributed by atoms with Crippen LogP contribution < -0.4 is 10.6 Å². The largest absolute Gasteiger partial charge is 0.467 e. The lowest BCUT2D eigenvalue weighted by Gasteiger charge is -2.35.